The van der Waals surface area contributed by atoms with Gasteiger partial charge in [0.1, 0.15) is 11.5 Å². The molecule has 0 aliphatic carbocycles. The number of nitrogens with one attached hydrogen (secondary N) is 1. The molecule has 3 aromatic rings. The summed E-state index contributed by atoms with van der Waals surface area (Å²) in [6.07, 6.45) is 0.638. The quantitative estimate of drug-likeness (QED) is 0.617. The fourth-order valence-corrected chi connectivity index (χ4v) is 3.76. The van der Waals surface area contributed by atoms with E-state index in [1.54, 1.807) is 41.0 Å². The van der Waals surface area contributed by atoms with Crippen LogP contribution in [0.3, 0.4) is 0 Å². The van der Waals surface area contributed by atoms with E-state index in [1.807, 2.05) is 37.4 Å². The molecule has 0 spiro atoms. The van der Waals surface area contributed by atoms with Crippen molar-refractivity contribution in [2.75, 3.05) is 20.3 Å². The van der Waals surface area contributed by atoms with Crippen molar-refractivity contribution >= 4 is 11.8 Å². The predicted octanol–water partition coefficient (Wildman–Crippen LogP) is 2.32. The van der Waals surface area contributed by atoms with Crippen LogP contribution in [0.1, 0.15) is 27.3 Å². The van der Waals surface area contributed by atoms with Crippen LogP contribution in [-0.2, 0) is 31.4 Å². The fraction of sp³-hybridized carbons (Fsp3) is 0.292. The maximum atomic E-state index is 12.8. The molecular weight excluding hydrogens is 408 g/mol. The number of carbonyl (C=O) groups excluding carboxylic acids is 2. The Kier molecular flexibility index (Phi) is 6.39. The topological polar surface area (TPSA) is 85.7 Å². The standard InChI is InChI=1S/C24H26N4O4/c1-27-21-12-13-28(22(29)16-32-19-10-8-18(31-2)9-11-19)15-20(21)23(26-27)24(30)25-14-17-6-4-3-5-7-17/h3-11H,12-16H2,1-2H3,(H,25,30). The van der Waals surface area contributed by atoms with E-state index in [0.29, 0.717) is 37.5 Å². The van der Waals surface area contributed by atoms with Gasteiger partial charge >= 0.3 is 0 Å². The van der Waals surface area contributed by atoms with Crippen molar-refractivity contribution in [3.63, 3.8) is 0 Å². The van der Waals surface area contributed by atoms with Gasteiger partial charge in [-0.1, -0.05) is 30.3 Å². The molecule has 1 aromatic heterocycles. The fourth-order valence-electron chi connectivity index (χ4n) is 3.76. The van der Waals surface area contributed by atoms with Gasteiger partial charge in [0.2, 0.25) is 0 Å². The molecule has 0 saturated carbocycles. The Morgan fingerprint density at radius 2 is 1.78 bits per heavy atom. The number of methoxy groups -OCH3 is 1. The van der Waals surface area contributed by atoms with Crippen LogP contribution in [0, 0.1) is 0 Å². The number of hydrogen-bond donors (Lipinski definition) is 1. The van der Waals surface area contributed by atoms with E-state index in [9.17, 15) is 9.59 Å². The number of benzene rings is 2. The highest BCUT2D eigenvalue weighted by Crippen LogP contribution is 2.23. The number of ether oxygens (including phenoxy) is 2. The molecule has 4 rings (SSSR count). The minimum absolute atomic E-state index is 0.0720. The van der Waals surface area contributed by atoms with Gasteiger partial charge in [0.15, 0.2) is 12.3 Å². The summed E-state index contributed by atoms with van der Waals surface area (Å²) in [4.78, 5) is 27.3. The predicted molar refractivity (Wildman–Crippen MR) is 118 cm³/mol. The Labute approximate surface area is 186 Å². The van der Waals surface area contributed by atoms with E-state index in [2.05, 4.69) is 10.4 Å². The Morgan fingerprint density at radius 3 is 2.50 bits per heavy atom. The van der Waals surface area contributed by atoms with Gasteiger partial charge in [-0.3, -0.25) is 14.3 Å². The summed E-state index contributed by atoms with van der Waals surface area (Å²) in [7, 11) is 3.43. The lowest BCUT2D eigenvalue weighted by Gasteiger charge is -2.27. The first-order chi connectivity index (χ1) is 15.5. The molecule has 8 heteroatoms. The number of nitrogens with zero attached hydrogens (tertiary/aromatic N) is 3. The molecule has 2 amide bonds. The molecule has 2 aromatic carbocycles. The van der Waals surface area contributed by atoms with E-state index in [0.717, 1.165) is 22.6 Å². The van der Waals surface area contributed by atoms with E-state index >= 15 is 0 Å². The van der Waals surface area contributed by atoms with E-state index in [4.69, 9.17) is 9.47 Å². The second kappa shape index (κ2) is 9.55. The summed E-state index contributed by atoms with van der Waals surface area (Å²) in [5.74, 6) is 0.946. The van der Waals surface area contributed by atoms with Crippen LogP contribution < -0.4 is 14.8 Å². The molecular formula is C24H26N4O4. The van der Waals surface area contributed by atoms with Gasteiger partial charge in [-0.15, -0.1) is 0 Å². The van der Waals surface area contributed by atoms with Gasteiger partial charge in [0.05, 0.1) is 7.11 Å². The van der Waals surface area contributed by atoms with Crippen molar-refractivity contribution in [2.45, 2.75) is 19.5 Å². The third-order valence-corrected chi connectivity index (χ3v) is 5.53. The lowest BCUT2D eigenvalue weighted by atomic mass is 10.0. The van der Waals surface area contributed by atoms with Crippen molar-refractivity contribution in [2.24, 2.45) is 7.05 Å². The third kappa shape index (κ3) is 4.74. The summed E-state index contributed by atoms with van der Waals surface area (Å²) in [5.41, 5.74) is 3.15. The second-order valence-corrected chi connectivity index (χ2v) is 7.60. The number of rotatable bonds is 7. The van der Waals surface area contributed by atoms with Gasteiger partial charge in [-0.2, -0.15) is 5.10 Å². The molecule has 0 fully saturated rings. The summed E-state index contributed by atoms with van der Waals surface area (Å²) in [5, 5.41) is 7.36. The molecule has 2 heterocycles. The summed E-state index contributed by atoms with van der Waals surface area (Å²) in [6, 6.07) is 16.8. The van der Waals surface area contributed by atoms with E-state index in [-0.39, 0.29) is 18.4 Å². The normalized spacial score (nSPS) is 12.8. The van der Waals surface area contributed by atoms with Crippen LogP contribution in [0.5, 0.6) is 11.5 Å². The van der Waals surface area contributed by atoms with Gasteiger partial charge in [-0.05, 0) is 29.8 Å². The Morgan fingerprint density at radius 1 is 1.06 bits per heavy atom. The summed E-state index contributed by atoms with van der Waals surface area (Å²) < 4.78 is 12.5. The third-order valence-electron chi connectivity index (χ3n) is 5.53. The zero-order chi connectivity index (χ0) is 22.5. The van der Waals surface area contributed by atoms with Crippen molar-refractivity contribution in [1.82, 2.24) is 20.0 Å². The van der Waals surface area contributed by atoms with Crippen LogP contribution >= 0.6 is 0 Å². The first kappa shape index (κ1) is 21.4. The molecule has 1 aliphatic heterocycles. The SMILES string of the molecule is COc1ccc(OCC(=O)N2CCc3c(c(C(=O)NCc4ccccc4)nn3C)C2)cc1. The van der Waals surface area contributed by atoms with Gasteiger partial charge in [0.25, 0.3) is 11.8 Å². The number of fused-ring (bicyclic) bond motifs is 1. The average Bonchev–Trinajstić information content (AvgIpc) is 3.17. The molecule has 32 heavy (non-hydrogen) atoms. The van der Waals surface area contributed by atoms with Crippen LogP contribution in [0.2, 0.25) is 0 Å². The average molecular weight is 434 g/mol. The molecule has 1 aliphatic rings. The first-order valence-electron chi connectivity index (χ1n) is 10.5. The maximum Gasteiger partial charge on any atom is 0.272 e. The lowest BCUT2D eigenvalue weighted by molar-refractivity contribution is -0.134. The van der Waals surface area contributed by atoms with Crippen LogP contribution in [0.25, 0.3) is 0 Å². The Hall–Kier alpha value is -3.81. The largest absolute Gasteiger partial charge is 0.497 e. The molecule has 0 bridgehead atoms. The minimum Gasteiger partial charge on any atom is -0.497 e. The number of hydrogen-bond acceptors (Lipinski definition) is 5. The lowest BCUT2D eigenvalue weighted by Crippen LogP contribution is -2.39. The second-order valence-electron chi connectivity index (χ2n) is 7.60. The number of aromatic nitrogens is 2. The van der Waals surface area contributed by atoms with Crippen molar-refractivity contribution < 1.29 is 19.1 Å². The highest BCUT2D eigenvalue weighted by Gasteiger charge is 2.29. The zero-order valence-corrected chi connectivity index (χ0v) is 18.2. The first-order valence-corrected chi connectivity index (χ1v) is 10.5. The van der Waals surface area contributed by atoms with Gasteiger partial charge in [-0.25, -0.2) is 0 Å². The van der Waals surface area contributed by atoms with Crippen LogP contribution in [0.4, 0.5) is 0 Å². The number of carbonyl (C=O) groups is 2. The van der Waals surface area contributed by atoms with Gasteiger partial charge < -0.3 is 19.7 Å². The Balaban J connectivity index is 1.39. The smallest absolute Gasteiger partial charge is 0.272 e. The monoisotopic (exact) mass is 434 g/mol. The van der Waals surface area contributed by atoms with Crippen molar-refractivity contribution in [3.8, 4) is 11.5 Å². The molecule has 0 unspecified atom stereocenters. The highest BCUT2D eigenvalue weighted by atomic mass is 16.5. The van der Waals surface area contributed by atoms with Gasteiger partial charge in [0, 0.05) is 44.4 Å². The molecule has 8 nitrogen and oxygen atoms in total. The molecule has 0 atom stereocenters. The highest BCUT2D eigenvalue weighted by molar-refractivity contribution is 5.94. The summed E-state index contributed by atoms with van der Waals surface area (Å²) in [6.45, 7) is 1.24. The number of aryl methyl sites for hydroxylation is 1. The zero-order valence-electron chi connectivity index (χ0n) is 18.2. The summed E-state index contributed by atoms with van der Waals surface area (Å²) >= 11 is 0. The molecule has 0 saturated heterocycles. The van der Waals surface area contributed by atoms with Crippen molar-refractivity contribution in [1.29, 1.82) is 0 Å². The Bertz CT molecular complexity index is 1090. The molecule has 166 valence electrons. The van der Waals surface area contributed by atoms with Crippen molar-refractivity contribution in [3.05, 3.63) is 77.1 Å². The van der Waals surface area contributed by atoms with Crippen LogP contribution in [-0.4, -0.2) is 46.8 Å². The van der Waals surface area contributed by atoms with E-state index < -0.39 is 0 Å². The minimum atomic E-state index is -0.241. The molecule has 1 N–H and O–H groups in total. The maximum absolute atomic E-state index is 12.8. The number of amides is 2. The molecule has 0 radical (unpaired) electrons. The van der Waals surface area contributed by atoms with Crippen LogP contribution in [0.15, 0.2) is 54.6 Å². The van der Waals surface area contributed by atoms with E-state index in [1.165, 1.54) is 0 Å².